The minimum absolute atomic E-state index is 0.0271. The van der Waals surface area contributed by atoms with Gasteiger partial charge in [-0.05, 0) is 62.6 Å². The first-order chi connectivity index (χ1) is 11.7. The number of benzene rings is 2. The van der Waals surface area contributed by atoms with E-state index in [9.17, 15) is 13.2 Å². The molecule has 0 aliphatic rings. The van der Waals surface area contributed by atoms with Gasteiger partial charge >= 0.3 is 0 Å². The van der Waals surface area contributed by atoms with Gasteiger partial charge in [0.1, 0.15) is 0 Å². The number of aryl methyl sites for hydroxylation is 2. The van der Waals surface area contributed by atoms with Crippen molar-refractivity contribution in [2.24, 2.45) is 0 Å². The molecule has 0 spiro atoms. The molecule has 0 saturated carbocycles. The molecule has 2 rings (SSSR count). The van der Waals surface area contributed by atoms with Gasteiger partial charge in [0.25, 0.3) is 15.9 Å². The molecule has 0 aliphatic heterocycles. The summed E-state index contributed by atoms with van der Waals surface area (Å²) in [6.45, 7) is 7.48. The first kappa shape index (κ1) is 19.0. The van der Waals surface area contributed by atoms with Crippen LogP contribution in [-0.2, 0) is 10.0 Å². The molecule has 2 aromatic carbocycles. The van der Waals surface area contributed by atoms with Gasteiger partial charge in [-0.3, -0.25) is 9.52 Å². The van der Waals surface area contributed by atoms with Crippen LogP contribution in [0.15, 0.2) is 47.4 Å². The number of carbonyl (C=O) groups excluding carboxylic acids is 1. The summed E-state index contributed by atoms with van der Waals surface area (Å²) < 4.78 is 28.1. The molecular formula is C19H24N2O3S. The average Bonchev–Trinajstić information content (AvgIpc) is 2.54. The van der Waals surface area contributed by atoms with Crippen LogP contribution in [0, 0.1) is 13.8 Å². The largest absolute Gasteiger partial charge is 0.350 e. The van der Waals surface area contributed by atoms with E-state index in [0.29, 0.717) is 16.8 Å². The van der Waals surface area contributed by atoms with Gasteiger partial charge in [0.05, 0.1) is 4.90 Å². The Kier molecular flexibility index (Phi) is 5.85. The van der Waals surface area contributed by atoms with Gasteiger partial charge < -0.3 is 5.32 Å². The van der Waals surface area contributed by atoms with Gasteiger partial charge in [-0.15, -0.1) is 0 Å². The molecule has 2 N–H and O–H groups in total. The molecule has 1 amide bonds. The van der Waals surface area contributed by atoms with E-state index in [1.165, 1.54) is 6.07 Å². The van der Waals surface area contributed by atoms with Crippen LogP contribution in [0.3, 0.4) is 0 Å². The van der Waals surface area contributed by atoms with Gasteiger partial charge in [-0.1, -0.05) is 25.1 Å². The first-order valence-electron chi connectivity index (χ1n) is 8.24. The summed E-state index contributed by atoms with van der Waals surface area (Å²) in [4.78, 5) is 12.4. The Morgan fingerprint density at radius 3 is 2.48 bits per heavy atom. The molecule has 0 fully saturated rings. The fourth-order valence-electron chi connectivity index (χ4n) is 2.36. The lowest BCUT2D eigenvalue weighted by atomic mass is 10.1. The van der Waals surface area contributed by atoms with Crippen LogP contribution in [0.2, 0.25) is 0 Å². The number of carbonyl (C=O) groups is 1. The highest BCUT2D eigenvalue weighted by Gasteiger charge is 2.20. The highest BCUT2D eigenvalue weighted by atomic mass is 32.2. The van der Waals surface area contributed by atoms with Crippen molar-refractivity contribution in [3.05, 3.63) is 59.2 Å². The van der Waals surface area contributed by atoms with Crippen molar-refractivity contribution in [1.29, 1.82) is 0 Å². The monoisotopic (exact) mass is 360 g/mol. The summed E-state index contributed by atoms with van der Waals surface area (Å²) in [7, 11) is -3.78. The van der Waals surface area contributed by atoms with Crippen molar-refractivity contribution in [1.82, 2.24) is 5.32 Å². The number of hydrogen-bond acceptors (Lipinski definition) is 3. The molecule has 0 heterocycles. The fourth-order valence-corrected chi connectivity index (χ4v) is 3.68. The molecule has 6 heteroatoms. The topological polar surface area (TPSA) is 75.3 Å². The summed E-state index contributed by atoms with van der Waals surface area (Å²) >= 11 is 0. The molecule has 0 saturated heterocycles. The fraction of sp³-hybridized carbons (Fsp3) is 0.316. The third kappa shape index (κ3) is 4.82. The second-order valence-electron chi connectivity index (χ2n) is 6.24. The first-order valence-corrected chi connectivity index (χ1v) is 9.72. The quantitative estimate of drug-likeness (QED) is 0.826. The summed E-state index contributed by atoms with van der Waals surface area (Å²) in [6, 6.07) is 11.9. The minimum atomic E-state index is -3.78. The second-order valence-corrected chi connectivity index (χ2v) is 7.89. The third-order valence-corrected chi connectivity index (χ3v) is 5.52. The average molecular weight is 360 g/mol. The standard InChI is InChI=1S/C19H24N2O3S/c1-5-15(4)20-19(22)16-10-9-14(3)18(12-16)25(23,24)21-17-8-6-7-13(2)11-17/h6-12,15,21H,5H2,1-4H3,(H,20,22)/t15-/m1/s1. The van der Waals surface area contributed by atoms with Crippen LogP contribution in [-0.4, -0.2) is 20.4 Å². The SMILES string of the molecule is CC[C@@H](C)NC(=O)c1ccc(C)c(S(=O)(=O)Nc2cccc(C)c2)c1. The zero-order valence-electron chi connectivity index (χ0n) is 15.0. The van der Waals surface area contributed by atoms with Crippen LogP contribution in [0.4, 0.5) is 5.69 Å². The molecule has 0 aliphatic carbocycles. The van der Waals surface area contributed by atoms with Crippen molar-refractivity contribution >= 4 is 21.6 Å². The molecule has 1 atom stereocenters. The summed E-state index contributed by atoms with van der Waals surface area (Å²) in [5.41, 5.74) is 2.36. The number of sulfonamides is 1. The molecule has 0 bridgehead atoms. The predicted molar refractivity (Wildman–Crippen MR) is 100 cm³/mol. The number of rotatable bonds is 6. The van der Waals surface area contributed by atoms with Gasteiger partial charge in [0.2, 0.25) is 0 Å². The van der Waals surface area contributed by atoms with Crippen LogP contribution in [0.25, 0.3) is 0 Å². The summed E-state index contributed by atoms with van der Waals surface area (Å²) in [6.07, 6.45) is 0.803. The number of anilines is 1. The lowest BCUT2D eigenvalue weighted by Gasteiger charge is -2.14. The second kappa shape index (κ2) is 7.70. The van der Waals surface area contributed by atoms with Crippen molar-refractivity contribution in [3.63, 3.8) is 0 Å². The van der Waals surface area contributed by atoms with Crippen molar-refractivity contribution in [2.45, 2.75) is 45.1 Å². The van der Waals surface area contributed by atoms with Crippen molar-refractivity contribution < 1.29 is 13.2 Å². The normalized spacial score (nSPS) is 12.5. The lowest BCUT2D eigenvalue weighted by molar-refractivity contribution is 0.0939. The smallest absolute Gasteiger partial charge is 0.262 e. The van der Waals surface area contributed by atoms with Crippen molar-refractivity contribution in [3.8, 4) is 0 Å². The molecule has 0 radical (unpaired) electrons. The maximum Gasteiger partial charge on any atom is 0.262 e. The van der Waals surface area contributed by atoms with E-state index >= 15 is 0 Å². The number of nitrogens with one attached hydrogen (secondary N) is 2. The van der Waals surface area contributed by atoms with E-state index in [1.54, 1.807) is 37.3 Å². The Labute approximate surface area is 149 Å². The van der Waals surface area contributed by atoms with E-state index < -0.39 is 10.0 Å². The number of amides is 1. The Hall–Kier alpha value is -2.34. The van der Waals surface area contributed by atoms with E-state index in [1.807, 2.05) is 26.8 Å². The van der Waals surface area contributed by atoms with Crippen LogP contribution < -0.4 is 10.0 Å². The Morgan fingerprint density at radius 2 is 1.84 bits per heavy atom. The molecule has 25 heavy (non-hydrogen) atoms. The minimum Gasteiger partial charge on any atom is -0.350 e. The van der Waals surface area contributed by atoms with Crippen LogP contribution in [0.5, 0.6) is 0 Å². The van der Waals surface area contributed by atoms with E-state index in [-0.39, 0.29) is 16.8 Å². The lowest BCUT2D eigenvalue weighted by Crippen LogP contribution is -2.32. The Morgan fingerprint density at radius 1 is 1.12 bits per heavy atom. The maximum atomic E-state index is 12.7. The Balaban J connectivity index is 2.34. The highest BCUT2D eigenvalue weighted by Crippen LogP contribution is 2.21. The molecular weight excluding hydrogens is 336 g/mol. The zero-order chi connectivity index (χ0) is 18.6. The Bertz CT molecular complexity index is 876. The highest BCUT2D eigenvalue weighted by molar-refractivity contribution is 7.92. The van der Waals surface area contributed by atoms with Crippen LogP contribution >= 0.6 is 0 Å². The zero-order valence-corrected chi connectivity index (χ0v) is 15.8. The van der Waals surface area contributed by atoms with E-state index in [0.717, 1.165) is 12.0 Å². The molecule has 0 aromatic heterocycles. The van der Waals surface area contributed by atoms with Crippen LogP contribution in [0.1, 0.15) is 41.8 Å². The predicted octanol–water partition coefficient (Wildman–Crippen LogP) is 3.63. The van der Waals surface area contributed by atoms with Gasteiger partial charge in [0, 0.05) is 17.3 Å². The van der Waals surface area contributed by atoms with Gasteiger partial charge in [-0.25, -0.2) is 8.42 Å². The van der Waals surface area contributed by atoms with Gasteiger partial charge in [-0.2, -0.15) is 0 Å². The van der Waals surface area contributed by atoms with E-state index in [4.69, 9.17) is 0 Å². The molecule has 0 unspecified atom stereocenters. The molecule has 2 aromatic rings. The molecule has 134 valence electrons. The maximum absolute atomic E-state index is 12.7. The summed E-state index contributed by atoms with van der Waals surface area (Å²) in [5, 5.41) is 2.85. The third-order valence-electron chi connectivity index (χ3n) is 4.00. The molecule has 5 nitrogen and oxygen atoms in total. The van der Waals surface area contributed by atoms with E-state index in [2.05, 4.69) is 10.0 Å². The summed E-state index contributed by atoms with van der Waals surface area (Å²) in [5.74, 6) is -0.277. The number of hydrogen-bond donors (Lipinski definition) is 2. The van der Waals surface area contributed by atoms with Gasteiger partial charge in [0.15, 0.2) is 0 Å². The van der Waals surface area contributed by atoms with Crippen molar-refractivity contribution in [2.75, 3.05) is 4.72 Å².